The molecule has 0 spiro atoms. The molecule has 0 atom stereocenters. The van der Waals surface area contributed by atoms with Gasteiger partial charge >= 0.3 is 5.97 Å². The molecule has 0 bridgehead atoms. The zero-order valence-electron chi connectivity index (χ0n) is 14.2. The summed E-state index contributed by atoms with van der Waals surface area (Å²) in [4.78, 5) is 12.3. The van der Waals surface area contributed by atoms with E-state index in [1.165, 1.54) is 7.11 Å². The van der Waals surface area contributed by atoms with Crippen LogP contribution in [-0.2, 0) is 0 Å². The van der Waals surface area contributed by atoms with E-state index in [9.17, 15) is 4.79 Å². The number of esters is 1. The molecule has 3 aromatic carbocycles. The summed E-state index contributed by atoms with van der Waals surface area (Å²) in [6.45, 7) is 0. The Morgan fingerprint density at radius 2 is 1.54 bits per heavy atom. The van der Waals surface area contributed by atoms with Crippen LogP contribution in [0.3, 0.4) is 0 Å². The maximum atomic E-state index is 12.3. The maximum absolute atomic E-state index is 12.3. The molecule has 0 aliphatic rings. The molecule has 0 aliphatic carbocycles. The molecule has 0 unspecified atom stereocenters. The Hall–Kier alpha value is -3.04. The Bertz CT molecular complexity index is 933. The van der Waals surface area contributed by atoms with Crippen LogP contribution in [0, 0.1) is 0 Å². The number of hydrogen-bond donors (Lipinski definition) is 0. The second kappa shape index (κ2) is 8.37. The highest BCUT2D eigenvalue weighted by Crippen LogP contribution is 2.30. The van der Waals surface area contributed by atoms with Gasteiger partial charge in [0.15, 0.2) is 11.5 Å². The van der Waals surface area contributed by atoms with Crippen LogP contribution >= 0.6 is 11.6 Å². The van der Waals surface area contributed by atoms with Gasteiger partial charge in [0.05, 0.1) is 17.7 Å². The van der Waals surface area contributed by atoms with Gasteiger partial charge in [0.2, 0.25) is 0 Å². The molecule has 0 N–H and O–H groups in total. The van der Waals surface area contributed by atoms with Crippen LogP contribution in [-0.4, -0.2) is 13.1 Å². The van der Waals surface area contributed by atoms with E-state index in [0.29, 0.717) is 22.1 Å². The lowest BCUT2D eigenvalue weighted by molar-refractivity contribution is 0.0730. The lowest BCUT2D eigenvalue weighted by Crippen LogP contribution is -2.09. The Balaban J connectivity index is 1.80. The van der Waals surface area contributed by atoms with Crippen LogP contribution in [0.25, 0.3) is 12.2 Å². The van der Waals surface area contributed by atoms with E-state index >= 15 is 0 Å². The molecule has 0 aliphatic heterocycles. The van der Waals surface area contributed by atoms with Crippen molar-refractivity contribution in [3.8, 4) is 11.5 Å². The lowest BCUT2D eigenvalue weighted by atomic mass is 10.1. The van der Waals surface area contributed by atoms with Crippen LogP contribution in [0.5, 0.6) is 11.5 Å². The van der Waals surface area contributed by atoms with Gasteiger partial charge in [0.25, 0.3) is 0 Å². The van der Waals surface area contributed by atoms with E-state index in [4.69, 9.17) is 21.1 Å². The van der Waals surface area contributed by atoms with E-state index in [1.807, 2.05) is 54.6 Å². The highest BCUT2D eigenvalue weighted by Gasteiger charge is 2.15. The Morgan fingerprint density at radius 1 is 0.846 bits per heavy atom. The molecular formula is C22H17ClO3. The molecule has 0 saturated heterocycles. The number of benzene rings is 3. The molecule has 0 aromatic heterocycles. The number of carbonyl (C=O) groups excluding carboxylic acids is 1. The second-order valence-electron chi connectivity index (χ2n) is 5.52. The molecule has 0 radical (unpaired) electrons. The fourth-order valence-corrected chi connectivity index (χ4v) is 2.62. The van der Waals surface area contributed by atoms with E-state index in [-0.39, 0.29) is 0 Å². The summed E-state index contributed by atoms with van der Waals surface area (Å²) in [6, 6.07) is 22.1. The third-order valence-electron chi connectivity index (χ3n) is 3.75. The normalized spacial score (nSPS) is 10.7. The standard InChI is InChI=1S/C22H17ClO3/c1-25-21-15-17(12-11-16-7-3-2-4-8-16)13-14-20(21)26-22(24)18-9-5-6-10-19(18)23/h2-15H,1H3/b12-11+. The van der Waals surface area contributed by atoms with Crippen molar-refractivity contribution < 1.29 is 14.3 Å². The zero-order valence-corrected chi connectivity index (χ0v) is 14.9. The van der Waals surface area contributed by atoms with E-state index in [2.05, 4.69) is 0 Å². The minimum Gasteiger partial charge on any atom is -0.493 e. The first-order chi connectivity index (χ1) is 12.7. The molecule has 0 heterocycles. The first-order valence-corrected chi connectivity index (χ1v) is 8.43. The van der Waals surface area contributed by atoms with Crippen molar-refractivity contribution in [1.82, 2.24) is 0 Å². The van der Waals surface area contributed by atoms with Crippen LogP contribution in [0.15, 0.2) is 72.8 Å². The fraction of sp³-hybridized carbons (Fsp3) is 0.0455. The smallest absolute Gasteiger partial charge is 0.345 e. The van der Waals surface area contributed by atoms with Crippen molar-refractivity contribution >= 4 is 29.7 Å². The number of halogens is 1. The van der Waals surface area contributed by atoms with Crippen LogP contribution in [0.2, 0.25) is 5.02 Å². The van der Waals surface area contributed by atoms with Gasteiger partial charge in [-0.1, -0.05) is 72.3 Å². The molecular weight excluding hydrogens is 348 g/mol. The van der Waals surface area contributed by atoms with Gasteiger partial charge < -0.3 is 9.47 Å². The first kappa shape index (κ1) is 17.8. The van der Waals surface area contributed by atoms with Crippen molar-refractivity contribution in [2.75, 3.05) is 7.11 Å². The molecule has 3 aromatic rings. The predicted octanol–water partition coefficient (Wildman–Crippen LogP) is 5.74. The largest absolute Gasteiger partial charge is 0.493 e. The topological polar surface area (TPSA) is 35.5 Å². The average molecular weight is 365 g/mol. The number of carbonyl (C=O) groups is 1. The Morgan fingerprint density at radius 3 is 2.27 bits per heavy atom. The van der Waals surface area contributed by atoms with Crippen LogP contribution < -0.4 is 9.47 Å². The minimum absolute atomic E-state index is 0.310. The molecule has 0 fully saturated rings. The zero-order chi connectivity index (χ0) is 18.4. The highest BCUT2D eigenvalue weighted by atomic mass is 35.5. The van der Waals surface area contributed by atoms with Gasteiger partial charge in [-0.3, -0.25) is 0 Å². The summed E-state index contributed by atoms with van der Waals surface area (Å²) < 4.78 is 10.8. The third kappa shape index (κ3) is 4.32. The van der Waals surface area contributed by atoms with Crippen LogP contribution in [0.1, 0.15) is 21.5 Å². The van der Waals surface area contributed by atoms with Crippen molar-refractivity contribution in [1.29, 1.82) is 0 Å². The van der Waals surface area contributed by atoms with Crippen molar-refractivity contribution in [2.45, 2.75) is 0 Å². The molecule has 26 heavy (non-hydrogen) atoms. The summed E-state index contributed by atoms with van der Waals surface area (Å²) in [5.41, 5.74) is 2.34. The Kier molecular flexibility index (Phi) is 5.72. The second-order valence-corrected chi connectivity index (χ2v) is 5.93. The summed E-state index contributed by atoms with van der Waals surface area (Å²) in [7, 11) is 1.53. The molecule has 0 saturated carbocycles. The monoisotopic (exact) mass is 364 g/mol. The molecule has 3 nitrogen and oxygen atoms in total. The van der Waals surface area contributed by atoms with Gasteiger partial charge in [-0.15, -0.1) is 0 Å². The maximum Gasteiger partial charge on any atom is 0.345 e. The predicted molar refractivity (Wildman–Crippen MR) is 105 cm³/mol. The first-order valence-electron chi connectivity index (χ1n) is 8.05. The number of hydrogen-bond acceptors (Lipinski definition) is 3. The van der Waals surface area contributed by atoms with Gasteiger partial charge in [-0.05, 0) is 35.4 Å². The van der Waals surface area contributed by atoms with E-state index < -0.39 is 5.97 Å². The summed E-state index contributed by atoms with van der Waals surface area (Å²) in [6.07, 6.45) is 3.97. The quantitative estimate of drug-likeness (QED) is 0.329. The fourth-order valence-electron chi connectivity index (χ4n) is 2.41. The van der Waals surface area contributed by atoms with E-state index in [0.717, 1.165) is 11.1 Å². The summed E-state index contributed by atoms with van der Waals surface area (Å²) >= 11 is 6.04. The van der Waals surface area contributed by atoms with Gasteiger partial charge in [-0.2, -0.15) is 0 Å². The molecule has 0 amide bonds. The van der Waals surface area contributed by atoms with Gasteiger partial charge in [0.1, 0.15) is 0 Å². The van der Waals surface area contributed by atoms with Gasteiger partial charge in [-0.25, -0.2) is 4.79 Å². The van der Waals surface area contributed by atoms with Crippen molar-refractivity contribution in [2.24, 2.45) is 0 Å². The summed E-state index contributed by atoms with van der Waals surface area (Å²) in [5, 5.41) is 0.346. The third-order valence-corrected chi connectivity index (χ3v) is 4.08. The molecule has 130 valence electrons. The van der Waals surface area contributed by atoms with Crippen molar-refractivity contribution in [3.05, 3.63) is 94.5 Å². The SMILES string of the molecule is COc1cc(/C=C/c2ccccc2)ccc1OC(=O)c1ccccc1Cl. The highest BCUT2D eigenvalue weighted by molar-refractivity contribution is 6.33. The lowest BCUT2D eigenvalue weighted by Gasteiger charge is -2.10. The number of ether oxygens (including phenoxy) is 2. The number of methoxy groups -OCH3 is 1. The summed E-state index contributed by atoms with van der Waals surface area (Å²) in [5.74, 6) is 0.288. The van der Waals surface area contributed by atoms with Crippen LogP contribution in [0.4, 0.5) is 0 Å². The molecule has 4 heteroatoms. The Labute approximate surface area is 157 Å². The van der Waals surface area contributed by atoms with E-state index in [1.54, 1.807) is 30.3 Å². The molecule has 3 rings (SSSR count). The average Bonchev–Trinajstić information content (AvgIpc) is 2.68. The van der Waals surface area contributed by atoms with Crippen molar-refractivity contribution in [3.63, 3.8) is 0 Å². The number of rotatable bonds is 5. The minimum atomic E-state index is -0.526. The van der Waals surface area contributed by atoms with Gasteiger partial charge in [0, 0.05) is 0 Å².